The fraction of sp³-hybridized carbons (Fsp3) is 0.364. The van der Waals surface area contributed by atoms with Crippen LogP contribution in [0.25, 0.3) is 0 Å². The zero-order chi connectivity index (χ0) is 21.4. The molecule has 0 aliphatic heterocycles. The predicted octanol–water partition coefficient (Wildman–Crippen LogP) is 3.02. The number of carbonyl (C=O) groups excluding carboxylic acids is 2. The number of hydrogen-bond donors (Lipinski definition) is 1. The van der Waals surface area contributed by atoms with Crippen LogP contribution >= 0.6 is 0 Å². The second kappa shape index (κ2) is 10.2. The van der Waals surface area contributed by atoms with E-state index in [2.05, 4.69) is 5.32 Å². The first-order valence-electron chi connectivity index (χ1n) is 9.58. The van der Waals surface area contributed by atoms with Crippen molar-refractivity contribution in [3.8, 4) is 0 Å². The van der Waals surface area contributed by atoms with Crippen molar-refractivity contribution in [2.24, 2.45) is 5.92 Å². The summed E-state index contributed by atoms with van der Waals surface area (Å²) in [6, 6.07) is 15.3. The first-order chi connectivity index (χ1) is 13.8. The first-order valence-corrected chi connectivity index (χ1v) is 11.1. The lowest BCUT2D eigenvalue weighted by molar-refractivity contribution is -0.147. The third kappa shape index (κ3) is 6.15. The average Bonchev–Trinajstić information content (AvgIpc) is 2.71. The summed E-state index contributed by atoms with van der Waals surface area (Å²) in [4.78, 5) is 24.9. The Labute approximate surface area is 172 Å². The molecule has 6 nitrogen and oxygen atoms in total. The van der Waals surface area contributed by atoms with Gasteiger partial charge in [0.1, 0.15) is 0 Å². The van der Waals surface area contributed by atoms with Crippen molar-refractivity contribution >= 4 is 21.7 Å². The molecule has 0 aromatic heterocycles. The van der Waals surface area contributed by atoms with E-state index in [1.54, 1.807) is 20.8 Å². The highest BCUT2D eigenvalue weighted by Gasteiger charge is 2.22. The quantitative estimate of drug-likeness (QED) is 0.634. The molecule has 1 unspecified atom stereocenters. The van der Waals surface area contributed by atoms with E-state index in [0.29, 0.717) is 12.0 Å². The molecule has 1 atom stereocenters. The van der Waals surface area contributed by atoms with E-state index >= 15 is 0 Å². The Bertz CT molecular complexity index is 921. The summed E-state index contributed by atoms with van der Waals surface area (Å²) in [5.41, 5.74) is 1.30. The maximum Gasteiger partial charge on any atom is 0.311 e. The molecule has 0 fully saturated rings. The summed E-state index contributed by atoms with van der Waals surface area (Å²) in [6.07, 6.45) is 0.450. The third-order valence-corrected chi connectivity index (χ3v) is 6.69. The van der Waals surface area contributed by atoms with E-state index in [1.165, 1.54) is 24.3 Å². The van der Waals surface area contributed by atoms with Gasteiger partial charge in [0.05, 0.1) is 22.7 Å². The second-order valence-corrected chi connectivity index (χ2v) is 9.47. The largest absolute Gasteiger partial charge is 0.466 e. The topological polar surface area (TPSA) is 89.5 Å². The molecule has 2 aromatic carbocycles. The molecule has 2 aromatic rings. The number of amides is 1. The Morgan fingerprint density at radius 2 is 1.62 bits per heavy atom. The van der Waals surface area contributed by atoms with Crippen LogP contribution in [0.2, 0.25) is 0 Å². The Kier molecular flexibility index (Phi) is 7.96. The molecule has 0 saturated carbocycles. The minimum Gasteiger partial charge on any atom is -0.466 e. The Balaban J connectivity index is 2.06. The Morgan fingerprint density at radius 1 is 1.00 bits per heavy atom. The summed E-state index contributed by atoms with van der Waals surface area (Å²) in [6.45, 7) is 5.35. The molecule has 0 saturated heterocycles. The average molecular weight is 418 g/mol. The summed E-state index contributed by atoms with van der Waals surface area (Å²) in [5.74, 6) is -1.25. The SMILES string of the molecule is CCOC(=O)C(CNC(=O)c1ccc(S(=O)(=O)C(C)C)cc1)Cc1ccccc1. The minimum absolute atomic E-state index is 0.124. The van der Waals surface area contributed by atoms with Crippen molar-refractivity contribution in [1.29, 1.82) is 0 Å². The number of ether oxygens (including phenoxy) is 1. The number of rotatable bonds is 9. The number of esters is 1. The van der Waals surface area contributed by atoms with Crippen LogP contribution in [0, 0.1) is 5.92 Å². The van der Waals surface area contributed by atoms with Gasteiger partial charge in [-0.2, -0.15) is 0 Å². The van der Waals surface area contributed by atoms with Crippen LogP contribution in [0.15, 0.2) is 59.5 Å². The number of sulfone groups is 1. The van der Waals surface area contributed by atoms with Gasteiger partial charge < -0.3 is 10.1 Å². The number of hydrogen-bond acceptors (Lipinski definition) is 5. The highest BCUT2D eigenvalue weighted by molar-refractivity contribution is 7.92. The minimum atomic E-state index is -3.39. The van der Waals surface area contributed by atoms with E-state index < -0.39 is 21.0 Å². The molecule has 2 rings (SSSR count). The summed E-state index contributed by atoms with van der Waals surface area (Å²) in [5, 5.41) is 2.21. The Hall–Kier alpha value is -2.67. The van der Waals surface area contributed by atoms with E-state index in [9.17, 15) is 18.0 Å². The van der Waals surface area contributed by atoms with Gasteiger partial charge in [0.15, 0.2) is 9.84 Å². The summed E-state index contributed by atoms with van der Waals surface area (Å²) in [7, 11) is -3.39. The lowest BCUT2D eigenvalue weighted by atomic mass is 9.99. The van der Waals surface area contributed by atoms with E-state index in [-0.39, 0.29) is 29.9 Å². The molecule has 29 heavy (non-hydrogen) atoms. The van der Waals surface area contributed by atoms with Gasteiger partial charge in [0.25, 0.3) is 5.91 Å². The van der Waals surface area contributed by atoms with Crippen LogP contribution in [-0.2, 0) is 25.8 Å². The van der Waals surface area contributed by atoms with Crippen molar-refractivity contribution in [3.05, 3.63) is 65.7 Å². The van der Waals surface area contributed by atoms with Crippen LogP contribution in [0.5, 0.6) is 0 Å². The van der Waals surface area contributed by atoms with Crippen LogP contribution in [0.1, 0.15) is 36.7 Å². The molecule has 1 N–H and O–H groups in total. The second-order valence-electron chi connectivity index (χ2n) is 6.97. The maximum absolute atomic E-state index is 12.5. The van der Waals surface area contributed by atoms with Gasteiger partial charge in [-0.25, -0.2) is 8.42 Å². The molecule has 1 amide bonds. The molecule has 156 valence electrons. The zero-order valence-corrected chi connectivity index (χ0v) is 17.7. The lowest BCUT2D eigenvalue weighted by Crippen LogP contribution is -2.35. The molecule has 0 spiro atoms. The normalized spacial score (nSPS) is 12.4. The summed E-state index contributed by atoms with van der Waals surface area (Å²) < 4.78 is 29.5. The van der Waals surface area contributed by atoms with Gasteiger partial charge in [-0.15, -0.1) is 0 Å². The van der Waals surface area contributed by atoms with Crippen molar-refractivity contribution in [2.45, 2.75) is 37.3 Å². The molecule has 0 aliphatic rings. The van der Waals surface area contributed by atoms with Crippen LogP contribution in [-0.4, -0.2) is 38.7 Å². The van der Waals surface area contributed by atoms with E-state index in [0.717, 1.165) is 5.56 Å². The van der Waals surface area contributed by atoms with Gasteiger partial charge in [0, 0.05) is 12.1 Å². The Morgan fingerprint density at radius 3 is 2.17 bits per heavy atom. The fourth-order valence-electron chi connectivity index (χ4n) is 2.78. The van der Waals surface area contributed by atoms with Crippen LogP contribution < -0.4 is 5.32 Å². The molecule has 0 bridgehead atoms. The van der Waals surface area contributed by atoms with Crippen molar-refractivity contribution in [2.75, 3.05) is 13.2 Å². The van der Waals surface area contributed by atoms with Crippen LogP contribution in [0.4, 0.5) is 0 Å². The predicted molar refractivity (Wildman–Crippen MR) is 111 cm³/mol. The first kappa shape index (κ1) is 22.6. The number of nitrogens with one attached hydrogen (secondary N) is 1. The molecule has 0 radical (unpaired) electrons. The highest BCUT2D eigenvalue weighted by Crippen LogP contribution is 2.17. The molecule has 7 heteroatoms. The maximum atomic E-state index is 12.5. The number of benzene rings is 2. The molecular formula is C22H27NO5S. The van der Waals surface area contributed by atoms with E-state index in [1.807, 2.05) is 30.3 Å². The third-order valence-electron chi connectivity index (χ3n) is 4.52. The van der Waals surface area contributed by atoms with Gasteiger partial charge in [-0.3, -0.25) is 9.59 Å². The van der Waals surface area contributed by atoms with Gasteiger partial charge in [0.2, 0.25) is 0 Å². The standard InChI is InChI=1S/C22H27NO5S/c1-4-28-22(25)19(14-17-8-6-5-7-9-17)15-23-21(24)18-10-12-20(13-11-18)29(26,27)16(2)3/h5-13,16,19H,4,14-15H2,1-3H3,(H,23,24). The van der Waals surface area contributed by atoms with E-state index in [4.69, 9.17) is 4.74 Å². The van der Waals surface area contributed by atoms with Gasteiger partial charge >= 0.3 is 5.97 Å². The molecular weight excluding hydrogens is 390 g/mol. The molecule has 0 heterocycles. The van der Waals surface area contributed by atoms with Crippen molar-refractivity contribution < 1.29 is 22.7 Å². The van der Waals surface area contributed by atoms with Crippen LogP contribution in [0.3, 0.4) is 0 Å². The lowest BCUT2D eigenvalue weighted by Gasteiger charge is -2.16. The fourth-order valence-corrected chi connectivity index (χ4v) is 3.84. The summed E-state index contributed by atoms with van der Waals surface area (Å²) >= 11 is 0. The van der Waals surface area contributed by atoms with Gasteiger partial charge in [-0.1, -0.05) is 30.3 Å². The molecule has 0 aliphatic carbocycles. The van der Waals surface area contributed by atoms with Crippen molar-refractivity contribution in [1.82, 2.24) is 5.32 Å². The monoisotopic (exact) mass is 417 g/mol. The van der Waals surface area contributed by atoms with Crippen molar-refractivity contribution in [3.63, 3.8) is 0 Å². The highest BCUT2D eigenvalue weighted by atomic mass is 32.2. The smallest absolute Gasteiger partial charge is 0.311 e. The van der Waals surface area contributed by atoms with Gasteiger partial charge in [-0.05, 0) is 57.0 Å². The zero-order valence-electron chi connectivity index (χ0n) is 16.9. The number of carbonyl (C=O) groups is 2.